The summed E-state index contributed by atoms with van der Waals surface area (Å²) in [7, 11) is 1.61. The zero-order valence-corrected chi connectivity index (χ0v) is 11.7. The third kappa shape index (κ3) is 2.46. The van der Waals surface area contributed by atoms with E-state index in [1.807, 2.05) is 31.2 Å². The Balaban J connectivity index is 1.98. The number of H-pyrrole nitrogens is 1. The number of imidazole rings is 1. The molecule has 1 atom stereocenters. The van der Waals surface area contributed by atoms with Crippen molar-refractivity contribution in [2.45, 2.75) is 12.8 Å². The molecule has 0 amide bonds. The fourth-order valence-electron chi connectivity index (χ4n) is 2.28. The number of hydrogen-bond donors (Lipinski definition) is 1. The number of ether oxygens (including phenoxy) is 1. The maximum absolute atomic E-state index is 13.2. The minimum absolute atomic E-state index is 0.0190. The first kappa shape index (κ1) is 13.5. The normalized spacial score (nSPS) is 12.6. The van der Waals surface area contributed by atoms with Crippen LogP contribution in [0.15, 0.2) is 36.4 Å². The molecule has 1 N–H and O–H groups in total. The molecule has 0 radical (unpaired) electrons. The number of fused-ring (bicyclic) bond motifs is 1. The summed E-state index contributed by atoms with van der Waals surface area (Å²) in [6.45, 7) is 1.98. The van der Waals surface area contributed by atoms with E-state index in [0.717, 1.165) is 23.4 Å². The van der Waals surface area contributed by atoms with Gasteiger partial charge in [0.2, 0.25) is 0 Å². The molecule has 1 heterocycles. The molecule has 108 valence electrons. The van der Waals surface area contributed by atoms with E-state index in [9.17, 15) is 8.78 Å². The molecule has 1 unspecified atom stereocenters. The van der Waals surface area contributed by atoms with Crippen LogP contribution in [0.25, 0.3) is 11.0 Å². The van der Waals surface area contributed by atoms with Gasteiger partial charge in [-0.1, -0.05) is 19.1 Å². The van der Waals surface area contributed by atoms with Gasteiger partial charge >= 0.3 is 0 Å². The van der Waals surface area contributed by atoms with Crippen molar-refractivity contribution in [3.63, 3.8) is 0 Å². The van der Waals surface area contributed by atoms with Gasteiger partial charge in [0.25, 0.3) is 0 Å². The fourth-order valence-corrected chi connectivity index (χ4v) is 2.28. The first-order valence-corrected chi connectivity index (χ1v) is 6.57. The van der Waals surface area contributed by atoms with Gasteiger partial charge in [0.05, 0.1) is 18.1 Å². The average molecular weight is 288 g/mol. The summed E-state index contributed by atoms with van der Waals surface area (Å²) in [4.78, 5) is 7.38. The van der Waals surface area contributed by atoms with Crippen molar-refractivity contribution in [1.82, 2.24) is 9.97 Å². The molecule has 0 saturated heterocycles. The number of methoxy groups -OCH3 is 1. The lowest BCUT2D eigenvalue weighted by molar-refractivity contribution is 0.414. The summed E-state index contributed by atoms with van der Waals surface area (Å²) in [5.41, 5.74) is 1.95. The van der Waals surface area contributed by atoms with Crippen molar-refractivity contribution < 1.29 is 13.5 Å². The third-order valence-electron chi connectivity index (χ3n) is 3.57. The highest BCUT2D eigenvalue weighted by Crippen LogP contribution is 2.26. The lowest BCUT2D eigenvalue weighted by atomic mass is 10.0. The second kappa shape index (κ2) is 5.16. The maximum atomic E-state index is 13.2. The van der Waals surface area contributed by atoms with Crippen LogP contribution in [0.2, 0.25) is 0 Å². The number of aromatic nitrogens is 2. The fraction of sp³-hybridized carbons (Fsp3) is 0.188. The van der Waals surface area contributed by atoms with E-state index in [4.69, 9.17) is 4.74 Å². The molecule has 3 rings (SSSR count). The van der Waals surface area contributed by atoms with Gasteiger partial charge in [0.1, 0.15) is 11.6 Å². The Morgan fingerprint density at radius 3 is 2.43 bits per heavy atom. The lowest BCUT2D eigenvalue weighted by Crippen LogP contribution is -1.98. The zero-order chi connectivity index (χ0) is 15.0. The van der Waals surface area contributed by atoms with Gasteiger partial charge in [-0.25, -0.2) is 13.8 Å². The van der Waals surface area contributed by atoms with Gasteiger partial charge in [0.15, 0.2) is 11.6 Å². The molecule has 0 fully saturated rings. The van der Waals surface area contributed by atoms with Gasteiger partial charge < -0.3 is 9.72 Å². The maximum Gasteiger partial charge on any atom is 0.161 e. The van der Waals surface area contributed by atoms with Gasteiger partial charge in [0, 0.05) is 18.1 Å². The molecule has 0 saturated carbocycles. The topological polar surface area (TPSA) is 37.9 Å². The highest BCUT2D eigenvalue weighted by atomic mass is 19.2. The first-order chi connectivity index (χ1) is 10.1. The highest BCUT2D eigenvalue weighted by Gasteiger charge is 2.15. The monoisotopic (exact) mass is 288 g/mol. The molecule has 3 nitrogen and oxygen atoms in total. The molecule has 0 aliphatic heterocycles. The summed E-state index contributed by atoms with van der Waals surface area (Å²) < 4.78 is 31.6. The second-order valence-corrected chi connectivity index (χ2v) is 4.90. The summed E-state index contributed by atoms with van der Waals surface area (Å²) >= 11 is 0. The molecule has 0 aliphatic carbocycles. The van der Waals surface area contributed by atoms with E-state index in [0.29, 0.717) is 16.9 Å². The van der Waals surface area contributed by atoms with Crippen molar-refractivity contribution in [2.24, 2.45) is 0 Å². The number of nitrogens with one attached hydrogen (secondary N) is 1. The number of halogens is 2. The van der Waals surface area contributed by atoms with Crippen LogP contribution in [0.1, 0.15) is 24.2 Å². The smallest absolute Gasteiger partial charge is 0.161 e. The molecule has 5 heteroatoms. The molecule has 21 heavy (non-hydrogen) atoms. The van der Waals surface area contributed by atoms with Crippen LogP contribution >= 0.6 is 0 Å². The SMILES string of the molecule is COc1ccc(C(C)c2nc3cc(F)c(F)cc3[nH]2)cc1. The third-order valence-corrected chi connectivity index (χ3v) is 3.57. The van der Waals surface area contributed by atoms with E-state index in [2.05, 4.69) is 9.97 Å². The second-order valence-electron chi connectivity index (χ2n) is 4.90. The highest BCUT2D eigenvalue weighted by molar-refractivity contribution is 5.75. The Hall–Kier alpha value is -2.43. The number of benzene rings is 2. The predicted octanol–water partition coefficient (Wildman–Crippen LogP) is 4.00. The van der Waals surface area contributed by atoms with Gasteiger partial charge in [-0.15, -0.1) is 0 Å². The number of aromatic amines is 1. The number of hydrogen-bond acceptors (Lipinski definition) is 2. The zero-order valence-electron chi connectivity index (χ0n) is 11.7. The Morgan fingerprint density at radius 1 is 1.10 bits per heavy atom. The molecule has 1 aromatic heterocycles. The van der Waals surface area contributed by atoms with Gasteiger partial charge in [-0.2, -0.15) is 0 Å². The summed E-state index contributed by atoms with van der Waals surface area (Å²) in [6, 6.07) is 9.85. The molecule has 3 aromatic rings. The van der Waals surface area contributed by atoms with Crippen molar-refractivity contribution in [3.8, 4) is 5.75 Å². The molecule has 2 aromatic carbocycles. The molecule has 0 spiro atoms. The summed E-state index contributed by atoms with van der Waals surface area (Å²) in [5.74, 6) is -0.346. The first-order valence-electron chi connectivity index (χ1n) is 6.57. The number of nitrogens with zero attached hydrogens (tertiary/aromatic N) is 1. The van der Waals surface area contributed by atoms with Crippen LogP contribution in [0.3, 0.4) is 0 Å². The molecular formula is C16H14F2N2O. The standard InChI is InChI=1S/C16H14F2N2O/c1-9(10-3-5-11(21-2)6-4-10)16-19-14-7-12(17)13(18)8-15(14)20-16/h3-9H,1-2H3,(H,19,20). The van der Waals surface area contributed by atoms with Crippen LogP contribution in [0.5, 0.6) is 5.75 Å². The Bertz CT molecular complexity index is 742. The largest absolute Gasteiger partial charge is 0.497 e. The van der Waals surface area contributed by atoms with Crippen LogP contribution in [-0.2, 0) is 0 Å². The minimum Gasteiger partial charge on any atom is -0.497 e. The summed E-state index contributed by atoms with van der Waals surface area (Å²) in [5, 5.41) is 0. The average Bonchev–Trinajstić information content (AvgIpc) is 2.90. The van der Waals surface area contributed by atoms with Crippen LogP contribution in [0, 0.1) is 11.6 Å². The molecule has 0 bridgehead atoms. The van der Waals surface area contributed by atoms with Crippen molar-refractivity contribution in [2.75, 3.05) is 7.11 Å². The van der Waals surface area contributed by atoms with E-state index in [-0.39, 0.29) is 5.92 Å². The lowest BCUT2D eigenvalue weighted by Gasteiger charge is -2.09. The minimum atomic E-state index is -0.891. The van der Waals surface area contributed by atoms with E-state index in [1.54, 1.807) is 7.11 Å². The van der Waals surface area contributed by atoms with Crippen molar-refractivity contribution >= 4 is 11.0 Å². The van der Waals surface area contributed by atoms with Crippen LogP contribution in [-0.4, -0.2) is 17.1 Å². The van der Waals surface area contributed by atoms with Crippen molar-refractivity contribution in [1.29, 1.82) is 0 Å². The van der Waals surface area contributed by atoms with Crippen LogP contribution in [0.4, 0.5) is 8.78 Å². The quantitative estimate of drug-likeness (QED) is 0.791. The predicted molar refractivity (Wildman–Crippen MR) is 76.5 cm³/mol. The van der Waals surface area contributed by atoms with Gasteiger partial charge in [-0.3, -0.25) is 0 Å². The van der Waals surface area contributed by atoms with Crippen molar-refractivity contribution in [3.05, 3.63) is 59.4 Å². The Morgan fingerprint density at radius 2 is 1.76 bits per heavy atom. The van der Waals surface area contributed by atoms with Crippen LogP contribution < -0.4 is 4.74 Å². The Kier molecular flexibility index (Phi) is 3.33. The Labute approximate surface area is 120 Å². The molecular weight excluding hydrogens is 274 g/mol. The molecule has 0 aliphatic rings. The summed E-state index contributed by atoms with van der Waals surface area (Å²) in [6.07, 6.45) is 0. The van der Waals surface area contributed by atoms with E-state index in [1.165, 1.54) is 0 Å². The van der Waals surface area contributed by atoms with E-state index >= 15 is 0 Å². The number of rotatable bonds is 3. The van der Waals surface area contributed by atoms with Gasteiger partial charge in [-0.05, 0) is 17.7 Å². The van der Waals surface area contributed by atoms with E-state index < -0.39 is 11.6 Å².